The molecule has 0 bridgehead atoms. The summed E-state index contributed by atoms with van der Waals surface area (Å²) in [5, 5.41) is 0. The maximum absolute atomic E-state index is 10.0. The monoisotopic (exact) mass is 130 g/mol. The number of nitrogens with two attached hydrogens (primary N) is 2. The summed E-state index contributed by atoms with van der Waals surface area (Å²) < 4.78 is 0. The maximum Gasteiger partial charge on any atom is 0.138 e. The molecule has 0 radical (unpaired) electrons. The summed E-state index contributed by atoms with van der Waals surface area (Å²) in [6.45, 7) is 2.01. The molecule has 2 atom stereocenters. The molecule has 3 nitrogen and oxygen atoms in total. The van der Waals surface area contributed by atoms with E-state index >= 15 is 0 Å². The molecule has 0 aliphatic carbocycles. The third-order valence-electron chi connectivity index (χ3n) is 1.27. The number of rotatable bonds is 4. The van der Waals surface area contributed by atoms with Crippen molar-refractivity contribution in [2.75, 3.05) is 0 Å². The van der Waals surface area contributed by atoms with Gasteiger partial charge >= 0.3 is 0 Å². The smallest absolute Gasteiger partial charge is 0.138 e. The van der Waals surface area contributed by atoms with Crippen LogP contribution in [0.4, 0.5) is 0 Å². The normalized spacial score (nSPS) is 16.8. The minimum Gasteiger partial charge on any atom is -0.326 e. The van der Waals surface area contributed by atoms with Gasteiger partial charge in [-0.2, -0.15) is 0 Å². The number of carbonyl (C=O) groups excluding carboxylic acids is 1. The summed E-state index contributed by atoms with van der Waals surface area (Å²) in [7, 11) is 0. The quantitative estimate of drug-likeness (QED) is 0.510. The third-order valence-corrected chi connectivity index (χ3v) is 1.27. The average Bonchev–Trinajstić information content (AvgIpc) is 1.87. The predicted octanol–water partition coefficient (Wildman–Crippen LogP) is -0.360. The molecule has 0 aliphatic heterocycles. The Bertz CT molecular complexity index is 85.1. The van der Waals surface area contributed by atoms with E-state index in [1.165, 1.54) is 0 Å². The first kappa shape index (κ1) is 8.59. The largest absolute Gasteiger partial charge is 0.326 e. The van der Waals surface area contributed by atoms with Gasteiger partial charge in [-0.15, -0.1) is 0 Å². The lowest BCUT2D eigenvalue weighted by molar-refractivity contribution is -0.109. The molecular formula is C6H14N2O. The van der Waals surface area contributed by atoms with Crippen LogP contribution in [-0.4, -0.2) is 18.4 Å². The number of aldehydes is 1. The van der Waals surface area contributed by atoms with E-state index < -0.39 is 6.04 Å². The van der Waals surface area contributed by atoms with E-state index in [9.17, 15) is 4.79 Å². The van der Waals surface area contributed by atoms with Gasteiger partial charge < -0.3 is 16.3 Å². The molecule has 0 saturated heterocycles. The molecular weight excluding hydrogens is 116 g/mol. The fraction of sp³-hybridized carbons (Fsp3) is 0.833. The molecule has 4 N–H and O–H groups in total. The number of carbonyl (C=O) groups is 1. The average molecular weight is 130 g/mol. The molecule has 0 saturated carbocycles. The van der Waals surface area contributed by atoms with E-state index in [4.69, 9.17) is 11.5 Å². The Morgan fingerprint density at radius 2 is 2.11 bits per heavy atom. The summed E-state index contributed by atoms with van der Waals surface area (Å²) >= 11 is 0. The van der Waals surface area contributed by atoms with Crippen molar-refractivity contribution in [1.82, 2.24) is 0 Å². The second-order valence-electron chi connectivity index (χ2n) is 2.17. The Morgan fingerprint density at radius 3 is 2.44 bits per heavy atom. The van der Waals surface area contributed by atoms with Gasteiger partial charge in [-0.25, -0.2) is 0 Å². The molecule has 0 fully saturated rings. The molecule has 0 aromatic rings. The van der Waals surface area contributed by atoms with Gasteiger partial charge in [0.25, 0.3) is 0 Å². The van der Waals surface area contributed by atoms with Crippen molar-refractivity contribution >= 4 is 6.29 Å². The zero-order chi connectivity index (χ0) is 7.28. The van der Waals surface area contributed by atoms with Gasteiger partial charge in [-0.3, -0.25) is 0 Å². The second-order valence-corrected chi connectivity index (χ2v) is 2.17. The van der Waals surface area contributed by atoms with E-state index in [2.05, 4.69) is 0 Å². The highest BCUT2D eigenvalue weighted by molar-refractivity contribution is 5.58. The van der Waals surface area contributed by atoms with Crippen molar-refractivity contribution in [3.63, 3.8) is 0 Å². The standard InChI is InChI=1S/C6H14N2O/c1-2-3-5(7)6(8)4-9/h4-6H,2-3,7-8H2,1H3. The van der Waals surface area contributed by atoms with Crippen LogP contribution in [-0.2, 0) is 4.79 Å². The first-order chi connectivity index (χ1) is 4.22. The summed E-state index contributed by atoms with van der Waals surface area (Å²) in [6.07, 6.45) is 2.49. The van der Waals surface area contributed by atoms with E-state index in [1.54, 1.807) is 0 Å². The van der Waals surface area contributed by atoms with Gasteiger partial charge in [0.1, 0.15) is 6.29 Å². The summed E-state index contributed by atoms with van der Waals surface area (Å²) in [5.41, 5.74) is 10.8. The van der Waals surface area contributed by atoms with Crippen molar-refractivity contribution in [3.05, 3.63) is 0 Å². The van der Waals surface area contributed by atoms with Crippen molar-refractivity contribution in [1.29, 1.82) is 0 Å². The van der Waals surface area contributed by atoms with Gasteiger partial charge in [-0.1, -0.05) is 13.3 Å². The molecule has 54 valence electrons. The van der Waals surface area contributed by atoms with Crippen molar-refractivity contribution in [2.24, 2.45) is 11.5 Å². The second kappa shape index (κ2) is 4.47. The van der Waals surface area contributed by atoms with E-state index in [0.717, 1.165) is 12.8 Å². The fourth-order valence-corrected chi connectivity index (χ4v) is 0.627. The zero-order valence-electron chi connectivity index (χ0n) is 5.71. The number of hydrogen-bond acceptors (Lipinski definition) is 3. The van der Waals surface area contributed by atoms with Gasteiger partial charge in [0.05, 0.1) is 6.04 Å². The molecule has 0 heterocycles. The Morgan fingerprint density at radius 1 is 1.56 bits per heavy atom. The van der Waals surface area contributed by atoms with E-state index in [-0.39, 0.29) is 6.04 Å². The first-order valence-electron chi connectivity index (χ1n) is 3.18. The van der Waals surface area contributed by atoms with Crippen LogP contribution in [0.1, 0.15) is 19.8 Å². The van der Waals surface area contributed by atoms with Gasteiger partial charge in [-0.05, 0) is 6.42 Å². The van der Waals surface area contributed by atoms with Gasteiger partial charge in [0, 0.05) is 6.04 Å². The molecule has 0 aromatic carbocycles. The molecule has 0 aliphatic rings. The lowest BCUT2D eigenvalue weighted by Crippen LogP contribution is -2.42. The van der Waals surface area contributed by atoms with Crippen molar-refractivity contribution in [2.45, 2.75) is 31.8 Å². The lowest BCUT2D eigenvalue weighted by atomic mass is 10.1. The van der Waals surface area contributed by atoms with Crippen LogP contribution in [0.25, 0.3) is 0 Å². The van der Waals surface area contributed by atoms with Crippen LogP contribution in [0.3, 0.4) is 0 Å². The van der Waals surface area contributed by atoms with Crippen LogP contribution in [0.15, 0.2) is 0 Å². The fourth-order valence-electron chi connectivity index (χ4n) is 0.627. The van der Waals surface area contributed by atoms with E-state index in [0.29, 0.717) is 6.29 Å². The highest BCUT2D eigenvalue weighted by atomic mass is 16.1. The van der Waals surface area contributed by atoms with Crippen LogP contribution >= 0.6 is 0 Å². The van der Waals surface area contributed by atoms with E-state index in [1.807, 2.05) is 6.92 Å². The molecule has 0 aromatic heterocycles. The maximum atomic E-state index is 10.0. The highest BCUT2D eigenvalue weighted by Gasteiger charge is 2.09. The third kappa shape index (κ3) is 3.21. The van der Waals surface area contributed by atoms with Crippen LogP contribution in [0.5, 0.6) is 0 Å². The molecule has 3 heteroatoms. The van der Waals surface area contributed by atoms with Crippen LogP contribution in [0.2, 0.25) is 0 Å². The lowest BCUT2D eigenvalue weighted by Gasteiger charge is -2.11. The summed E-state index contributed by atoms with van der Waals surface area (Å²) in [4.78, 5) is 10.0. The first-order valence-corrected chi connectivity index (χ1v) is 3.18. The minimum absolute atomic E-state index is 0.160. The SMILES string of the molecule is CCCC(N)C(N)C=O. The van der Waals surface area contributed by atoms with Crippen molar-refractivity contribution in [3.8, 4) is 0 Å². The zero-order valence-corrected chi connectivity index (χ0v) is 5.71. The van der Waals surface area contributed by atoms with Crippen LogP contribution in [0, 0.1) is 0 Å². The summed E-state index contributed by atoms with van der Waals surface area (Å²) in [6, 6.07) is -0.641. The molecule has 9 heavy (non-hydrogen) atoms. The molecule has 2 unspecified atom stereocenters. The highest BCUT2D eigenvalue weighted by Crippen LogP contribution is 1.94. The molecule has 0 rings (SSSR count). The predicted molar refractivity (Wildman–Crippen MR) is 36.9 cm³/mol. The number of hydrogen-bond donors (Lipinski definition) is 2. The van der Waals surface area contributed by atoms with Crippen LogP contribution < -0.4 is 11.5 Å². The minimum atomic E-state index is -0.482. The Hall–Kier alpha value is -0.410. The molecule has 0 amide bonds. The van der Waals surface area contributed by atoms with Crippen molar-refractivity contribution < 1.29 is 4.79 Å². The molecule has 0 spiro atoms. The Kier molecular flexibility index (Phi) is 4.26. The topological polar surface area (TPSA) is 69.1 Å². The van der Waals surface area contributed by atoms with Gasteiger partial charge in [0.15, 0.2) is 0 Å². The Balaban J connectivity index is 3.44. The van der Waals surface area contributed by atoms with Gasteiger partial charge in [0.2, 0.25) is 0 Å². The Labute approximate surface area is 55.4 Å². The summed E-state index contributed by atoms with van der Waals surface area (Å²) in [5.74, 6) is 0.